The zero-order valence-electron chi connectivity index (χ0n) is 11.5. The number of nitrogens with zero attached hydrogens (tertiary/aromatic N) is 3. The first-order valence-corrected chi connectivity index (χ1v) is 7.56. The van der Waals surface area contributed by atoms with Crippen molar-refractivity contribution in [2.75, 3.05) is 13.4 Å². The normalized spacial score (nSPS) is 11.9. The first kappa shape index (κ1) is 15.7. The van der Waals surface area contributed by atoms with Crippen molar-refractivity contribution in [1.29, 1.82) is 0 Å². The van der Waals surface area contributed by atoms with E-state index < -0.39 is 10.8 Å². The Balaban J connectivity index is 0.00000161. The zero-order chi connectivity index (χ0) is 14.1. The fraction of sp³-hybridized carbons (Fsp3) is 0.143. The summed E-state index contributed by atoms with van der Waals surface area (Å²) in [7, 11) is 0.554. The monoisotopic (exact) mass is 367 g/mol. The quantitative estimate of drug-likeness (QED) is 0.713. The fourth-order valence-electron chi connectivity index (χ4n) is 2.02. The molecule has 0 fully saturated rings. The van der Waals surface area contributed by atoms with Crippen LogP contribution in [0.3, 0.4) is 0 Å². The third kappa shape index (κ3) is 2.98. The number of methoxy groups -OCH3 is 1. The van der Waals surface area contributed by atoms with Gasteiger partial charge in [-0.1, -0.05) is 0 Å². The van der Waals surface area contributed by atoms with Gasteiger partial charge in [0, 0.05) is 46.1 Å². The average Bonchev–Trinajstić information content (AvgIpc) is 2.90. The van der Waals surface area contributed by atoms with Gasteiger partial charge in [-0.25, -0.2) is 9.97 Å². The minimum atomic E-state index is -1.04. The molecular formula is C14H14BrN3O2S. The van der Waals surface area contributed by atoms with Gasteiger partial charge in [-0.2, -0.15) is 0 Å². The molecule has 1 aromatic carbocycles. The van der Waals surface area contributed by atoms with Crippen LogP contribution in [0.1, 0.15) is 0 Å². The molecule has 7 heteroatoms. The lowest BCUT2D eigenvalue weighted by molar-refractivity contribution is 0.415. The Kier molecular flexibility index (Phi) is 4.74. The van der Waals surface area contributed by atoms with Crippen molar-refractivity contribution >= 4 is 33.6 Å². The summed E-state index contributed by atoms with van der Waals surface area (Å²) in [5.74, 6) is 1.29. The molecule has 5 nitrogen and oxygen atoms in total. The average molecular weight is 368 g/mol. The zero-order valence-corrected chi connectivity index (χ0v) is 14.0. The van der Waals surface area contributed by atoms with Crippen LogP contribution in [0.2, 0.25) is 0 Å². The molecule has 0 N–H and O–H groups in total. The van der Waals surface area contributed by atoms with E-state index in [4.69, 9.17) is 4.74 Å². The molecule has 2 aromatic heterocycles. The summed E-state index contributed by atoms with van der Waals surface area (Å²) in [4.78, 5) is 9.38. The molecule has 2 heterocycles. The van der Waals surface area contributed by atoms with Crippen molar-refractivity contribution in [3.63, 3.8) is 0 Å². The van der Waals surface area contributed by atoms with E-state index in [2.05, 4.69) is 9.97 Å². The lowest BCUT2D eigenvalue weighted by atomic mass is 10.1. The van der Waals surface area contributed by atoms with E-state index in [0.29, 0.717) is 11.5 Å². The molecular weight excluding hydrogens is 354 g/mol. The molecule has 0 amide bonds. The van der Waals surface area contributed by atoms with Crippen molar-refractivity contribution in [2.45, 2.75) is 4.90 Å². The van der Waals surface area contributed by atoms with Crippen molar-refractivity contribution in [3.05, 3.63) is 42.9 Å². The molecule has 0 aliphatic carbocycles. The van der Waals surface area contributed by atoms with Gasteiger partial charge in [-0.15, -0.1) is 17.0 Å². The molecule has 0 radical (unpaired) electrons. The summed E-state index contributed by atoms with van der Waals surface area (Å²) in [6, 6.07) is 7.32. The number of fused-ring (bicyclic) bond motifs is 1. The Morgan fingerprint density at radius 1 is 1.33 bits per heavy atom. The van der Waals surface area contributed by atoms with Crippen molar-refractivity contribution in [2.24, 2.45) is 0 Å². The fourth-order valence-corrected chi connectivity index (χ4v) is 2.55. The Labute approximate surface area is 135 Å². The summed E-state index contributed by atoms with van der Waals surface area (Å²) in [6.07, 6.45) is 7.12. The smallest absolute Gasteiger partial charge is 0.234 e. The molecule has 1 unspecified atom stereocenters. The molecule has 0 aliphatic rings. The number of halogens is 1. The highest BCUT2D eigenvalue weighted by atomic mass is 79.9. The second kappa shape index (κ2) is 6.36. The SMILES string of the molecule is Br.COc1cc(S(C)=O)ccc1-c1cn2cccnc2n1. The van der Waals surface area contributed by atoms with E-state index in [1.807, 2.05) is 35.0 Å². The highest BCUT2D eigenvalue weighted by Gasteiger charge is 2.12. The molecule has 0 spiro atoms. The van der Waals surface area contributed by atoms with Gasteiger partial charge in [0.05, 0.1) is 12.8 Å². The number of hydrogen-bond acceptors (Lipinski definition) is 4. The molecule has 1 atom stereocenters. The van der Waals surface area contributed by atoms with E-state index >= 15 is 0 Å². The molecule has 0 saturated heterocycles. The van der Waals surface area contributed by atoms with E-state index in [0.717, 1.165) is 16.2 Å². The maximum Gasteiger partial charge on any atom is 0.234 e. The van der Waals surface area contributed by atoms with Gasteiger partial charge in [0.15, 0.2) is 0 Å². The van der Waals surface area contributed by atoms with Crippen LogP contribution in [0.25, 0.3) is 17.0 Å². The molecule has 0 saturated carbocycles. The molecule has 110 valence electrons. The van der Waals surface area contributed by atoms with Crippen molar-refractivity contribution < 1.29 is 8.95 Å². The van der Waals surface area contributed by atoms with Crippen LogP contribution in [-0.2, 0) is 10.8 Å². The van der Waals surface area contributed by atoms with Gasteiger partial charge in [0.1, 0.15) is 5.75 Å². The number of aromatic nitrogens is 3. The van der Waals surface area contributed by atoms with Crippen LogP contribution in [0.5, 0.6) is 5.75 Å². The number of imidazole rings is 1. The Morgan fingerprint density at radius 3 is 2.81 bits per heavy atom. The summed E-state index contributed by atoms with van der Waals surface area (Å²) in [5.41, 5.74) is 1.63. The van der Waals surface area contributed by atoms with Crippen LogP contribution in [0, 0.1) is 0 Å². The largest absolute Gasteiger partial charge is 0.496 e. The maximum atomic E-state index is 11.5. The molecule has 21 heavy (non-hydrogen) atoms. The highest BCUT2D eigenvalue weighted by Crippen LogP contribution is 2.30. The van der Waals surface area contributed by atoms with E-state index in [1.165, 1.54) is 0 Å². The summed E-state index contributed by atoms with van der Waals surface area (Å²) >= 11 is 0. The molecule has 0 aliphatic heterocycles. The predicted octanol–water partition coefficient (Wildman–Crippen LogP) is 2.72. The minimum Gasteiger partial charge on any atom is -0.496 e. The Morgan fingerprint density at radius 2 is 2.14 bits per heavy atom. The Hall–Kier alpha value is -1.73. The summed E-state index contributed by atoms with van der Waals surface area (Å²) in [6.45, 7) is 0. The van der Waals surface area contributed by atoms with Gasteiger partial charge in [0.2, 0.25) is 5.78 Å². The number of ether oxygens (including phenoxy) is 1. The summed E-state index contributed by atoms with van der Waals surface area (Å²) in [5, 5.41) is 0. The van der Waals surface area contributed by atoms with Crippen LogP contribution in [0.15, 0.2) is 47.8 Å². The van der Waals surface area contributed by atoms with Crippen molar-refractivity contribution in [3.8, 4) is 17.0 Å². The van der Waals surface area contributed by atoms with Crippen LogP contribution in [0.4, 0.5) is 0 Å². The second-order valence-corrected chi connectivity index (χ2v) is 5.65. The van der Waals surface area contributed by atoms with E-state index in [-0.39, 0.29) is 17.0 Å². The molecule has 0 bridgehead atoms. The van der Waals surface area contributed by atoms with Crippen LogP contribution in [-0.4, -0.2) is 31.9 Å². The van der Waals surface area contributed by atoms with Gasteiger partial charge >= 0.3 is 0 Å². The minimum absolute atomic E-state index is 0. The van der Waals surface area contributed by atoms with Gasteiger partial charge in [-0.3, -0.25) is 8.61 Å². The van der Waals surface area contributed by atoms with Crippen LogP contribution >= 0.6 is 17.0 Å². The van der Waals surface area contributed by atoms with E-state index in [9.17, 15) is 4.21 Å². The third-order valence-electron chi connectivity index (χ3n) is 3.02. The second-order valence-electron chi connectivity index (χ2n) is 4.27. The van der Waals surface area contributed by atoms with Gasteiger partial charge in [-0.05, 0) is 24.3 Å². The van der Waals surface area contributed by atoms with Gasteiger partial charge < -0.3 is 4.74 Å². The van der Waals surface area contributed by atoms with E-state index in [1.54, 1.807) is 25.6 Å². The van der Waals surface area contributed by atoms with Crippen LogP contribution < -0.4 is 4.74 Å². The maximum absolute atomic E-state index is 11.5. The number of hydrogen-bond donors (Lipinski definition) is 0. The lowest BCUT2D eigenvalue weighted by Gasteiger charge is -2.07. The lowest BCUT2D eigenvalue weighted by Crippen LogP contribution is -1.92. The highest BCUT2D eigenvalue weighted by molar-refractivity contribution is 8.93. The van der Waals surface area contributed by atoms with Gasteiger partial charge in [0.25, 0.3) is 0 Å². The van der Waals surface area contributed by atoms with Crippen molar-refractivity contribution in [1.82, 2.24) is 14.4 Å². The molecule has 3 rings (SSSR count). The summed E-state index contributed by atoms with van der Waals surface area (Å²) < 4.78 is 18.8. The first-order chi connectivity index (χ1) is 9.69. The standard InChI is InChI=1S/C14H13N3O2S.BrH/c1-19-13-8-10(20(2)18)4-5-11(13)12-9-17-7-3-6-15-14(17)16-12;/h3-9H,1-2H3;1H. The molecule has 3 aromatic rings. The topological polar surface area (TPSA) is 56.5 Å². The first-order valence-electron chi connectivity index (χ1n) is 6.00. The number of benzene rings is 1. The number of rotatable bonds is 3. The Bertz CT molecular complexity index is 771. The third-order valence-corrected chi connectivity index (χ3v) is 3.93. The predicted molar refractivity (Wildman–Crippen MR) is 87.6 cm³/mol.